The van der Waals surface area contributed by atoms with Crippen LogP contribution in [0.25, 0.3) is 0 Å². The fourth-order valence-corrected chi connectivity index (χ4v) is 2.66. The van der Waals surface area contributed by atoms with Gasteiger partial charge in [-0.2, -0.15) is 0 Å². The number of ether oxygens (including phenoxy) is 2. The Morgan fingerprint density at radius 2 is 2.04 bits per heavy atom. The third-order valence-electron chi connectivity index (χ3n) is 3.17. The molecule has 0 saturated heterocycles. The number of methoxy groups -OCH3 is 1. The predicted molar refractivity (Wildman–Crippen MR) is 94.7 cm³/mol. The summed E-state index contributed by atoms with van der Waals surface area (Å²) in [7, 11) is 1.57. The monoisotopic (exact) mass is 364 g/mol. The zero-order valence-corrected chi connectivity index (χ0v) is 15.1. The molecule has 1 aromatic heterocycles. The lowest BCUT2D eigenvalue weighted by atomic mass is 10.1. The van der Waals surface area contributed by atoms with Gasteiger partial charge in [0.1, 0.15) is 18.1 Å². The average molecular weight is 364 g/mol. The fourth-order valence-electron chi connectivity index (χ4n) is 2.05. The highest BCUT2D eigenvalue weighted by Crippen LogP contribution is 2.20. The number of aromatic nitrogens is 1. The van der Waals surface area contributed by atoms with E-state index >= 15 is 0 Å². The Balaban J connectivity index is 1.70. The van der Waals surface area contributed by atoms with E-state index in [4.69, 9.17) is 14.0 Å². The lowest BCUT2D eigenvalue weighted by molar-refractivity contribution is -0.141. The summed E-state index contributed by atoms with van der Waals surface area (Å²) in [4.78, 5) is 23.5. The lowest BCUT2D eigenvalue weighted by Crippen LogP contribution is -2.16. The molecular formula is C17H20N2O5S. The first-order valence-electron chi connectivity index (χ1n) is 7.58. The molecule has 0 fully saturated rings. The Kier molecular flexibility index (Phi) is 6.88. The van der Waals surface area contributed by atoms with Gasteiger partial charge in [0.2, 0.25) is 5.91 Å². The Morgan fingerprint density at radius 1 is 1.24 bits per heavy atom. The molecule has 8 heteroatoms. The highest BCUT2D eigenvalue weighted by atomic mass is 32.2. The zero-order valence-electron chi connectivity index (χ0n) is 14.3. The molecule has 0 atom stereocenters. The van der Waals surface area contributed by atoms with Gasteiger partial charge in [0.05, 0.1) is 18.6 Å². The van der Waals surface area contributed by atoms with Gasteiger partial charge in [-0.05, 0) is 26.0 Å². The predicted octanol–water partition coefficient (Wildman–Crippen LogP) is 2.72. The summed E-state index contributed by atoms with van der Waals surface area (Å²) in [6.45, 7) is 3.82. The van der Waals surface area contributed by atoms with E-state index in [0.29, 0.717) is 17.3 Å². The molecule has 7 nitrogen and oxygen atoms in total. The average Bonchev–Trinajstić information content (AvgIpc) is 2.98. The second-order valence-corrected chi connectivity index (χ2v) is 6.33. The molecule has 0 radical (unpaired) electrons. The van der Waals surface area contributed by atoms with Gasteiger partial charge in [-0.1, -0.05) is 16.8 Å². The van der Waals surface area contributed by atoms with Crippen molar-refractivity contribution in [2.75, 3.05) is 23.9 Å². The van der Waals surface area contributed by atoms with Crippen LogP contribution in [0.4, 0.5) is 5.82 Å². The number of rotatable bonds is 8. The van der Waals surface area contributed by atoms with Crippen molar-refractivity contribution in [3.05, 3.63) is 41.2 Å². The SMILES string of the molecule is COc1ccc(C)cc1COC(=O)CSCC(=O)Nc1cc(C)on1. The van der Waals surface area contributed by atoms with Crippen LogP contribution in [0, 0.1) is 13.8 Å². The van der Waals surface area contributed by atoms with E-state index < -0.39 is 5.97 Å². The number of esters is 1. The van der Waals surface area contributed by atoms with Crippen LogP contribution in [0.15, 0.2) is 28.8 Å². The molecule has 0 bridgehead atoms. The van der Waals surface area contributed by atoms with Gasteiger partial charge < -0.3 is 19.3 Å². The van der Waals surface area contributed by atoms with Gasteiger partial charge >= 0.3 is 5.97 Å². The zero-order chi connectivity index (χ0) is 18.2. The molecule has 25 heavy (non-hydrogen) atoms. The second kappa shape index (κ2) is 9.12. The van der Waals surface area contributed by atoms with Crippen LogP contribution in [0.1, 0.15) is 16.9 Å². The topological polar surface area (TPSA) is 90.7 Å². The quantitative estimate of drug-likeness (QED) is 0.720. The van der Waals surface area contributed by atoms with E-state index in [2.05, 4.69) is 10.5 Å². The van der Waals surface area contributed by atoms with Crippen molar-refractivity contribution in [1.29, 1.82) is 0 Å². The Morgan fingerprint density at radius 3 is 2.72 bits per heavy atom. The molecule has 0 aliphatic heterocycles. The molecule has 0 spiro atoms. The molecule has 134 valence electrons. The first kappa shape index (κ1) is 18.9. The molecule has 1 aromatic carbocycles. The third kappa shape index (κ3) is 6.15. The summed E-state index contributed by atoms with van der Waals surface area (Å²) < 4.78 is 15.3. The standard InChI is InChI=1S/C17H20N2O5S/c1-11-4-5-14(22-3)13(6-11)8-23-17(21)10-25-9-16(20)18-15-7-12(2)24-19-15/h4-7H,8-10H2,1-3H3,(H,18,19,20). The molecule has 2 rings (SSSR count). The first-order chi connectivity index (χ1) is 12.0. The van der Waals surface area contributed by atoms with E-state index in [9.17, 15) is 9.59 Å². The summed E-state index contributed by atoms with van der Waals surface area (Å²) in [5.74, 6) is 1.20. The first-order valence-corrected chi connectivity index (χ1v) is 8.73. The van der Waals surface area contributed by atoms with Crippen LogP contribution in [-0.4, -0.2) is 35.6 Å². The van der Waals surface area contributed by atoms with Gasteiger partial charge in [0.25, 0.3) is 0 Å². The molecular weight excluding hydrogens is 344 g/mol. The molecule has 1 amide bonds. The minimum absolute atomic E-state index is 0.0827. The molecule has 0 aliphatic carbocycles. The van der Waals surface area contributed by atoms with E-state index in [1.54, 1.807) is 20.1 Å². The summed E-state index contributed by atoms with van der Waals surface area (Å²) >= 11 is 1.17. The van der Waals surface area contributed by atoms with Crippen LogP contribution < -0.4 is 10.1 Å². The van der Waals surface area contributed by atoms with E-state index in [0.717, 1.165) is 11.1 Å². The lowest BCUT2D eigenvalue weighted by Gasteiger charge is -2.10. The summed E-state index contributed by atoms with van der Waals surface area (Å²) in [5.41, 5.74) is 1.86. The minimum atomic E-state index is -0.390. The number of hydrogen-bond acceptors (Lipinski definition) is 7. The van der Waals surface area contributed by atoms with Gasteiger partial charge in [-0.15, -0.1) is 11.8 Å². The minimum Gasteiger partial charge on any atom is -0.496 e. The summed E-state index contributed by atoms with van der Waals surface area (Å²) in [6, 6.07) is 7.29. The Bertz CT molecular complexity index is 744. The van der Waals surface area contributed by atoms with Crippen LogP contribution in [0.2, 0.25) is 0 Å². The number of carbonyl (C=O) groups is 2. The second-order valence-electron chi connectivity index (χ2n) is 5.34. The van der Waals surface area contributed by atoms with Gasteiger partial charge in [0, 0.05) is 11.6 Å². The number of carbonyl (C=O) groups excluding carboxylic acids is 2. The maximum atomic E-state index is 11.8. The molecule has 0 unspecified atom stereocenters. The van der Waals surface area contributed by atoms with Crippen LogP contribution in [0.5, 0.6) is 5.75 Å². The maximum absolute atomic E-state index is 11.8. The summed E-state index contributed by atoms with van der Waals surface area (Å²) in [5, 5.41) is 6.25. The number of anilines is 1. The van der Waals surface area contributed by atoms with Crippen LogP contribution in [0.3, 0.4) is 0 Å². The van der Waals surface area contributed by atoms with Gasteiger partial charge in [-0.3, -0.25) is 9.59 Å². The van der Waals surface area contributed by atoms with Crippen molar-refractivity contribution in [1.82, 2.24) is 5.16 Å². The molecule has 0 aliphatic rings. The normalized spacial score (nSPS) is 10.4. The van der Waals surface area contributed by atoms with Crippen molar-refractivity contribution in [3.63, 3.8) is 0 Å². The molecule has 0 saturated carbocycles. The van der Waals surface area contributed by atoms with E-state index in [1.165, 1.54) is 11.8 Å². The van der Waals surface area contributed by atoms with Crippen LogP contribution in [-0.2, 0) is 20.9 Å². The number of aryl methyl sites for hydroxylation is 2. The third-order valence-corrected chi connectivity index (χ3v) is 4.08. The summed E-state index contributed by atoms with van der Waals surface area (Å²) in [6.07, 6.45) is 0. The largest absolute Gasteiger partial charge is 0.496 e. The smallest absolute Gasteiger partial charge is 0.316 e. The number of benzene rings is 1. The number of thioether (sulfide) groups is 1. The number of nitrogens with one attached hydrogen (secondary N) is 1. The van der Waals surface area contributed by atoms with Crippen molar-refractivity contribution in [2.45, 2.75) is 20.5 Å². The Hall–Kier alpha value is -2.48. The number of hydrogen-bond donors (Lipinski definition) is 1. The maximum Gasteiger partial charge on any atom is 0.316 e. The van der Waals surface area contributed by atoms with Crippen molar-refractivity contribution in [3.8, 4) is 5.75 Å². The highest BCUT2D eigenvalue weighted by Gasteiger charge is 2.10. The molecule has 2 aromatic rings. The number of amides is 1. The van der Waals surface area contributed by atoms with Crippen LogP contribution >= 0.6 is 11.8 Å². The van der Waals surface area contributed by atoms with E-state index in [1.807, 2.05) is 25.1 Å². The molecule has 1 heterocycles. The Labute approximate surface area is 150 Å². The van der Waals surface area contributed by atoms with Crippen molar-refractivity contribution in [2.24, 2.45) is 0 Å². The fraction of sp³-hybridized carbons (Fsp3) is 0.353. The van der Waals surface area contributed by atoms with Crippen molar-refractivity contribution >= 4 is 29.5 Å². The molecule has 1 N–H and O–H groups in total. The highest BCUT2D eigenvalue weighted by molar-refractivity contribution is 8.00. The van der Waals surface area contributed by atoms with E-state index in [-0.39, 0.29) is 24.0 Å². The van der Waals surface area contributed by atoms with Gasteiger partial charge in [0.15, 0.2) is 5.82 Å². The number of nitrogens with zero attached hydrogens (tertiary/aromatic N) is 1. The van der Waals surface area contributed by atoms with Gasteiger partial charge in [-0.25, -0.2) is 0 Å². The van der Waals surface area contributed by atoms with Crippen molar-refractivity contribution < 1.29 is 23.6 Å².